The van der Waals surface area contributed by atoms with Gasteiger partial charge in [0.1, 0.15) is 0 Å². The molecule has 0 spiro atoms. The van der Waals surface area contributed by atoms with E-state index >= 15 is 0 Å². The van der Waals surface area contributed by atoms with Crippen LogP contribution in [-0.4, -0.2) is 46.1 Å². The predicted molar refractivity (Wildman–Crippen MR) is 57.3 cm³/mol. The zero-order chi connectivity index (χ0) is 16.3. The average molecular weight is 316 g/mol. The van der Waals surface area contributed by atoms with Crippen molar-refractivity contribution in [3.8, 4) is 0 Å². The van der Waals surface area contributed by atoms with Gasteiger partial charge < -0.3 is 0 Å². The Morgan fingerprint density at radius 1 is 0.636 bits per heavy atom. The van der Waals surface area contributed by atoms with E-state index in [0.717, 1.165) is 0 Å². The lowest BCUT2D eigenvalue weighted by atomic mass is 10.4. The van der Waals surface area contributed by atoms with Crippen LogP contribution in [0.1, 0.15) is 25.7 Å². The molecule has 0 aromatic carbocycles. The molecule has 12 heteroatoms. The summed E-state index contributed by atoms with van der Waals surface area (Å²) < 4.78 is 0. The highest BCUT2D eigenvalue weighted by Gasteiger charge is 2.36. The summed E-state index contributed by atoms with van der Waals surface area (Å²) in [6.45, 7) is 0. The number of hydrogen-bond acceptors (Lipinski definition) is 10. The molecule has 0 aromatic heterocycles. The van der Waals surface area contributed by atoms with E-state index in [1.165, 1.54) is 0 Å². The number of carbonyl (C=O) groups excluding carboxylic acids is 6. The molecule has 0 radical (unpaired) electrons. The van der Waals surface area contributed by atoms with Gasteiger partial charge >= 0.3 is 12.3 Å². The van der Waals surface area contributed by atoms with Crippen LogP contribution in [0, 0.1) is 0 Å². The van der Waals surface area contributed by atoms with Crippen molar-refractivity contribution in [2.45, 2.75) is 25.7 Å². The summed E-state index contributed by atoms with van der Waals surface area (Å²) in [5, 5.41) is 0.315. The van der Waals surface area contributed by atoms with Crippen molar-refractivity contribution in [1.82, 2.24) is 10.1 Å². The second-order valence-corrected chi connectivity index (χ2v) is 4.01. The summed E-state index contributed by atoms with van der Waals surface area (Å²) in [5.41, 5.74) is 0. The second-order valence-electron chi connectivity index (χ2n) is 4.01. The third-order valence-corrected chi connectivity index (χ3v) is 2.52. The molecular weight excluding hydrogens is 308 g/mol. The van der Waals surface area contributed by atoms with Gasteiger partial charge in [0.05, 0.1) is 0 Å². The molecule has 0 bridgehead atoms. The Hall–Kier alpha value is -3.18. The Bertz CT molecular complexity index is 488. The molecule has 0 N–H and O–H groups in total. The molecule has 2 saturated heterocycles. The minimum atomic E-state index is -1.69. The van der Waals surface area contributed by atoms with E-state index in [1.807, 2.05) is 0 Å². The van der Waals surface area contributed by atoms with E-state index in [2.05, 4.69) is 19.5 Å². The molecule has 12 nitrogen and oxygen atoms in total. The van der Waals surface area contributed by atoms with Gasteiger partial charge in [-0.25, -0.2) is 0 Å². The number of rotatable bonds is 2. The van der Waals surface area contributed by atoms with Gasteiger partial charge in [-0.2, -0.15) is 19.4 Å². The number of carbonyl (C=O) groups is 6. The zero-order valence-electron chi connectivity index (χ0n) is 10.8. The largest absolute Gasteiger partial charge is 0.576 e. The first-order chi connectivity index (χ1) is 10.4. The van der Waals surface area contributed by atoms with Gasteiger partial charge in [-0.05, 0) is 0 Å². The van der Waals surface area contributed by atoms with Crippen molar-refractivity contribution in [1.29, 1.82) is 0 Å². The van der Waals surface area contributed by atoms with Crippen molar-refractivity contribution in [2.24, 2.45) is 0 Å². The standard InChI is InChI=1S/C10H8N2O10/c13-5-1-2-6(14)11(5)19-9(17)21-22-10(18)20-12-7(15)3-4-8(12)16/h1-4H2. The first-order valence-electron chi connectivity index (χ1n) is 5.88. The second kappa shape index (κ2) is 6.07. The number of hydroxylamine groups is 4. The average Bonchev–Trinajstić information content (AvgIpc) is 2.95. The van der Waals surface area contributed by atoms with Crippen LogP contribution in [0.5, 0.6) is 0 Å². The summed E-state index contributed by atoms with van der Waals surface area (Å²) in [7, 11) is 0. The van der Waals surface area contributed by atoms with Crippen LogP contribution in [0.15, 0.2) is 0 Å². The van der Waals surface area contributed by atoms with Gasteiger partial charge in [-0.1, -0.05) is 10.1 Å². The van der Waals surface area contributed by atoms with Gasteiger partial charge in [-0.3, -0.25) is 28.9 Å². The first-order valence-corrected chi connectivity index (χ1v) is 5.88. The maximum Gasteiger partial charge on any atom is 0.576 e. The molecule has 0 aromatic rings. The van der Waals surface area contributed by atoms with Crippen LogP contribution in [0.2, 0.25) is 0 Å². The number of hydrogen-bond donors (Lipinski definition) is 0. The topological polar surface area (TPSA) is 146 Å². The van der Waals surface area contributed by atoms with Crippen LogP contribution in [0.25, 0.3) is 0 Å². The van der Waals surface area contributed by atoms with Crippen molar-refractivity contribution in [3.05, 3.63) is 0 Å². The highest BCUT2D eigenvalue weighted by Crippen LogP contribution is 2.14. The fraction of sp³-hybridized carbons (Fsp3) is 0.400. The maximum absolute atomic E-state index is 11.1. The molecule has 0 aliphatic carbocycles. The first kappa shape index (κ1) is 15.2. The molecule has 2 aliphatic heterocycles. The van der Waals surface area contributed by atoms with Crippen LogP contribution in [-0.2, 0) is 38.6 Å². The van der Waals surface area contributed by atoms with Gasteiger partial charge in [0.15, 0.2) is 0 Å². The highest BCUT2D eigenvalue weighted by atomic mass is 17.3. The Labute approximate surface area is 121 Å². The van der Waals surface area contributed by atoms with Crippen LogP contribution in [0.3, 0.4) is 0 Å². The molecule has 0 saturated carbocycles. The lowest BCUT2D eigenvalue weighted by Gasteiger charge is -2.12. The maximum atomic E-state index is 11.1. The Balaban J connectivity index is 1.75. The molecule has 2 aliphatic rings. The minimum Gasteiger partial charge on any atom is -0.292 e. The van der Waals surface area contributed by atoms with E-state index in [-0.39, 0.29) is 35.8 Å². The number of amides is 4. The highest BCUT2D eigenvalue weighted by molar-refractivity contribution is 6.02. The summed E-state index contributed by atoms with van der Waals surface area (Å²) >= 11 is 0. The molecule has 2 fully saturated rings. The van der Waals surface area contributed by atoms with E-state index in [4.69, 9.17) is 0 Å². The molecule has 2 rings (SSSR count). The third-order valence-electron chi connectivity index (χ3n) is 2.52. The Morgan fingerprint density at radius 3 is 1.18 bits per heavy atom. The van der Waals surface area contributed by atoms with Crippen molar-refractivity contribution in [2.75, 3.05) is 0 Å². The van der Waals surface area contributed by atoms with Crippen LogP contribution < -0.4 is 0 Å². The van der Waals surface area contributed by atoms with Crippen LogP contribution in [0.4, 0.5) is 9.59 Å². The van der Waals surface area contributed by atoms with E-state index in [1.54, 1.807) is 0 Å². The molecule has 2 heterocycles. The smallest absolute Gasteiger partial charge is 0.292 e. The number of nitrogens with zero attached hydrogens (tertiary/aromatic N) is 2. The molecular formula is C10H8N2O10. The molecule has 118 valence electrons. The SMILES string of the molecule is O=C(OOC(=O)ON1C(=O)CCC1=O)ON1C(=O)CCC1=O. The lowest BCUT2D eigenvalue weighted by Crippen LogP contribution is -2.34. The van der Waals surface area contributed by atoms with Crippen molar-refractivity contribution >= 4 is 35.9 Å². The predicted octanol–water partition coefficient (Wildman–Crippen LogP) is -0.664. The normalized spacial score (nSPS) is 17.8. The monoisotopic (exact) mass is 316 g/mol. The third kappa shape index (κ3) is 3.28. The number of imide groups is 2. The van der Waals surface area contributed by atoms with Gasteiger partial charge in [0, 0.05) is 25.7 Å². The summed E-state index contributed by atoms with van der Waals surface area (Å²) in [6, 6.07) is 0. The Morgan fingerprint density at radius 2 is 0.909 bits per heavy atom. The van der Waals surface area contributed by atoms with Gasteiger partial charge in [0.25, 0.3) is 23.6 Å². The van der Waals surface area contributed by atoms with Gasteiger partial charge in [0.2, 0.25) is 0 Å². The molecule has 0 atom stereocenters. The Kier molecular flexibility index (Phi) is 4.20. The van der Waals surface area contributed by atoms with Crippen molar-refractivity contribution in [3.63, 3.8) is 0 Å². The van der Waals surface area contributed by atoms with Crippen molar-refractivity contribution < 1.29 is 48.2 Å². The van der Waals surface area contributed by atoms with E-state index in [0.29, 0.717) is 0 Å². The van der Waals surface area contributed by atoms with Crippen LogP contribution >= 0.6 is 0 Å². The zero-order valence-corrected chi connectivity index (χ0v) is 10.8. The quantitative estimate of drug-likeness (QED) is 0.365. The summed E-state index contributed by atoms with van der Waals surface area (Å²) in [5.74, 6) is -3.06. The van der Waals surface area contributed by atoms with Gasteiger partial charge in [-0.15, -0.1) is 0 Å². The lowest BCUT2D eigenvalue weighted by molar-refractivity contribution is -0.255. The summed E-state index contributed by atoms with van der Waals surface area (Å²) in [6.07, 6.45) is -3.91. The molecule has 4 amide bonds. The van der Waals surface area contributed by atoms with E-state index < -0.39 is 35.9 Å². The minimum absolute atomic E-state index is 0.131. The van der Waals surface area contributed by atoms with E-state index in [9.17, 15) is 28.8 Å². The fourth-order valence-corrected chi connectivity index (χ4v) is 1.56. The molecule has 0 unspecified atom stereocenters. The fourth-order valence-electron chi connectivity index (χ4n) is 1.56. The summed E-state index contributed by atoms with van der Waals surface area (Å²) in [4.78, 5) is 82.7. The molecule has 22 heavy (non-hydrogen) atoms.